The number of phosphoric acid groups is 2. The number of carbonyl (C=O) groups is 4. The molecule has 19 heteroatoms. The monoisotopic (exact) mass is 1420 g/mol. The Morgan fingerprint density at radius 2 is 0.551 bits per heavy atom. The highest BCUT2D eigenvalue weighted by Gasteiger charge is 2.30. The van der Waals surface area contributed by atoms with Crippen LogP contribution in [0.3, 0.4) is 0 Å². The lowest BCUT2D eigenvalue weighted by Gasteiger charge is -2.21. The number of aliphatic hydroxyl groups excluding tert-OH is 1. The van der Waals surface area contributed by atoms with Crippen molar-refractivity contribution in [1.82, 2.24) is 0 Å². The van der Waals surface area contributed by atoms with Crippen molar-refractivity contribution in [3.8, 4) is 0 Å². The molecule has 0 aromatic heterocycles. The third-order valence-corrected chi connectivity index (χ3v) is 17.6. The van der Waals surface area contributed by atoms with E-state index in [1.807, 2.05) is 18.2 Å². The Morgan fingerprint density at radius 3 is 0.918 bits per heavy atom. The Labute approximate surface area is 594 Å². The van der Waals surface area contributed by atoms with Gasteiger partial charge in [-0.05, 0) is 122 Å². The van der Waals surface area contributed by atoms with E-state index in [9.17, 15) is 43.2 Å². The topological polar surface area (TPSA) is 237 Å². The third-order valence-electron chi connectivity index (χ3n) is 15.7. The van der Waals surface area contributed by atoms with Gasteiger partial charge in [-0.25, -0.2) is 9.13 Å². The fraction of sp³-hybridized carbons (Fsp3) is 0.722. The predicted molar refractivity (Wildman–Crippen MR) is 399 cm³/mol. The number of rotatable bonds is 71. The molecule has 0 amide bonds. The first-order valence-electron chi connectivity index (χ1n) is 38.1. The highest BCUT2D eigenvalue weighted by Crippen LogP contribution is 2.45. The first-order chi connectivity index (χ1) is 47.7. The number of ether oxygens (including phenoxy) is 4. The van der Waals surface area contributed by atoms with Crippen LogP contribution in [0.5, 0.6) is 0 Å². The van der Waals surface area contributed by atoms with Gasteiger partial charge in [0.25, 0.3) is 0 Å². The van der Waals surface area contributed by atoms with E-state index in [4.69, 9.17) is 37.0 Å². The Kier molecular flexibility index (Phi) is 68.0. The van der Waals surface area contributed by atoms with Gasteiger partial charge >= 0.3 is 39.5 Å². The van der Waals surface area contributed by atoms with Gasteiger partial charge in [0.2, 0.25) is 0 Å². The van der Waals surface area contributed by atoms with Crippen molar-refractivity contribution in [1.29, 1.82) is 0 Å². The van der Waals surface area contributed by atoms with E-state index >= 15 is 0 Å². The number of unbranched alkanes of at least 4 members (excludes halogenated alkanes) is 27. The number of hydrogen-bond acceptors (Lipinski definition) is 15. The average Bonchev–Trinajstić information content (AvgIpc) is 1.00. The van der Waals surface area contributed by atoms with Crippen molar-refractivity contribution in [3.63, 3.8) is 0 Å². The van der Waals surface area contributed by atoms with Crippen LogP contribution < -0.4 is 0 Å². The second-order valence-corrected chi connectivity index (χ2v) is 28.1. The molecule has 0 saturated heterocycles. The van der Waals surface area contributed by atoms with Crippen molar-refractivity contribution >= 4 is 39.5 Å². The quantitative estimate of drug-likeness (QED) is 0.0169. The van der Waals surface area contributed by atoms with Crippen molar-refractivity contribution in [3.05, 3.63) is 109 Å². The lowest BCUT2D eigenvalue weighted by atomic mass is 10.1. The number of esters is 4. The van der Waals surface area contributed by atoms with Gasteiger partial charge < -0.3 is 33.8 Å². The molecule has 0 heterocycles. The minimum Gasteiger partial charge on any atom is -0.462 e. The van der Waals surface area contributed by atoms with Gasteiger partial charge in [0.1, 0.15) is 19.3 Å². The molecular formula is C79H136O17P2. The van der Waals surface area contributed by atoms with Gasteiger partial charge in [-0.1, -0.05) is 272 Å². The fourth-order valence-electron chi connectivity index (χ4n) is 9.92. The van der Waals surface area contributed by atoms with Gasteiger partial charge in [-0.15, -0.1) is 0 Å². The second-order valence-electron chi connectivity index (χ2n) is 25.2. The van der Waals surface area contributed by atoms with Crippen LogP contribution in [0.4, 0.5) is 0 Å². The first-order valence-corrected chi connectivity index (χ1v) is 41.1. The molecule has 0 spiro atoms. The number of aliphatic hydroxyl groups is 1. The molecule has 3 N–H and O–H groups in total. The number of phosphoric ester groups is 2. The third kappa shape index (κ3) is 70.2. The summed E-state index contributed by atoms with van der Waals surface area (Å²) in [5, 5.41) is 10.6. The molecule has 0 bridgehead atoms. The molecule has 5 atom stereocenters. The molecule has 0 aliphatic carbocycles. The molecule has 0 rings (SSSR count). The Morgan fingerprint density at radius 1 is 0.296 bits per heavy atom. The lowest BCUT2D eigenvalue weighted by molar-refractivity contribution is -0.161. The predicted octanol–water partition coefficient (Wildman–Crippen LogP) is 21.8. The van der Waals surface area contributed by atoms with Crippen LogP contribution in [0, 0.1) is 0 Å². The summed E-state index contributed by atoms with van der Waals surface area (Å²) in [6.07, 6.45) is 75.3. The summed E-state index contributed by atoms with van der Waals surface area (Å²) in [7, 11) is -9.97. The van der Waals surface area contributed by atoms with E-state index in [1.54, 1.807) is 0 Å². The molecule has 5 unspecified atom stereocenters. The molecule has 0 aliphatic heterocycles. The Bertz CT molecular complexity index is 2290. The van der Waals surface area contributed by atoms with Crippen LogP contribution in [0.1, 0.15) is 310 Å². The standard InChI is InChI=1S/C79H136O17P2/c1-5-9-13-17-21-25-29-32-34-35-36-37-39-42-45-48-52-56-60-64-77(82)89-69-74(95-78(83)65-61-57-53-49-43-28-24-20-16-12-8-4)71-93-97(85,86)91-67-73(80)68-92-98(87,88)94-72-75(96-79(84)66-62-58-54-50-46-40-31-27-23-19-15-11-7-3)70-90-76(81)63-59-55-51-47-44-41-38-33-30-26-22-18-14-10-6-2/h9,13,21-22,25-27,31-34,36-38,42,45,52,56,73-75,80H,5-8,10-12,14-20,23-24,28-30,35,39-41,43-44,46-51,53-55,57-72H2,1-4H3,(H,85,86)(H,87,88)/b13-9-,25-21-,26-22-,31-27-,34-32-,37-36-,38-33-,45-42-,56-52-. The summed E-state index contributed by atoms with van der Waals surface area (Å²) in [6.45, 7) is 4.61. The fourth-order valence-corrected chi connectivity index (χ4v) is 11.5. The molecule has 564 valence electrons. The summed E-state index contributed by atoms with van der Waals surface area (Å²) >= 11 is 0. The summed E-state index contributed by atoms with van der Waals surface area (Å²) in [6, 6.07) is 0. The highest BCUT2D eigenvalue weighted by molar-refractivity contribution is 7.47. The van der Waals surface area contributed by atoms with Gasteiger partial charge in [0, 0.05) is 25.7 Å². The van der Waals surface area contributed by atoms with Crippen LogP contribution in [-0.2, 0) is 65.4 Å². The Balaban J connectivity index is 5.38. The smallest absolute Gasteiger partial charge is 0.462 e. The summed E-state index contributed by atoms with van der Waals surface area (Å²) in [5.74, 6) is -2.29. The second kappa shape index (κ2) is 71.1. The zero-order valence-corrected chi connectivity index (χ0v) is 63.2. The molecule has 0 aliphatic rings. The van der Waals surface area contributed by atoms with E-state index in [1.165, 1.54) is 83.5 Å². The number of carbonyl (C=O) groups excluding carboxylic acids is 4. The molecule has 0 radical (unpaired) electrons. The van der Waals surface area contributed by atoms with Gasteiger partial charge in [-0.3, -0.25) is 37.3 Å². The normalized spacial score (nSPS) is 14.6. The van der Waals surface area contributed by atoms with Gasteiger partial charge in [0.05, 0.1) is 26.4 Å². The maximum absolute atomic E-state index is 13.1. The van der Waals surface area contributed by atoms with Crippen LogP contribution in [-0.4, -0.2) is 96.7 Å². The SMILES string of the molecule is CC/C=C\C/C=C\C/C=C\C/C=C\C/C=C\C/C=C\CCC(=O)OCC(COP(=O)(O)OCC(O)COP(=O)(O)OCC(COC(=O)CCCCCCC/C=C\C/C=C\CCCCC)OC(=O)CCCCCCC/C=C\CCCCCC)OC(=O)CCCCCCCCCCCCC. The molecular weight excluding hydrogens is 1280 g/mol. The van der Waals surface area contributed by atoms with Crippen LogP contribution in [0.15, 0.2) is 109 Å². The molecule has 0 aromatic carbocycles. The van der Waals surface area contributed by atoms with E-state index < -0.39 is 97.5 Å². The zero-order valence-electron chi connectivity index (χ0n) is 61.4. The molecule has 98 heavy (non-hydrogen) atoms. The van der Waals surface area contributed by atoms with Crippen LogP contribution >= 0.6 is 15.6 Å². The molecule has 0 saturated carbocycles. The number of allylic oxidation sites excluding steroid dienone is 18. The lowest BCUT2D eigenvalue weighted by Crippen LogP contribution is -2.30. The van der Waals surface area contributed by atoms with Crippen LogP contribution in [0.25, 0.3) is 0 Å². The van der Waals surface area contributed by atoms with Crippen molar-refractivity contribution in [2.45, 2.75) is 329 Å². The van der Waals surface area contributed by atoms with Crippen molar-refractivity contribution in [2.75, 3.05) is 39.6 Å². The maximum atomic E-state index is 13.1. The van der Waals surface area contributed by atoms with Crippen molar-refractivity contribution in [2.24, 2.45) is 0 Å². The first kappa shape index (κ1) is 93.7. The average molecular weight is 1420 g/mol. The maximum Gasteiger partial charge on any atom is 0.472 e. The summed E-state index contributed by atoms with van der Waals surface area (Å²) < 4.78 is 68.3. The summed E-state index contributed by atoms with van der Waals surface area (Å²) in [4.78, 5) is 72.7. The van der Waals surface area contributed by atoms with E-state index in [0.717, 1.165) is 141 Å². The Hall–Kier alpha value is -4.28. The molecule has 0 aromatic rings. The van der Waals surface area contributed by atoms with Gasteiger partial charge in [0.15, 0.2) is 12.2 Å². The largest absolute Gasteiger partial charge is 0.472 e. The number of hydrogen-bond donors (Lipinski definition) is 3. The molecule has 17 nitrogen and oxygen atoms in total. The van der Waals surface area contributed by atoms with Gasteiger partial charge in [-0.2, -0.15) is 0 Å². The van der Waals surface area contributed by atoms with E-state index in [0.29, 0.717) is 32.1 Å². The minimum atomic E-state index is -4.99. The molecule has 0 fully saturated rings. The van der Waals surface area contributed by atoms with E-state index in [2.05, 4.69) is 119 Å². The highest BCUT2D eigenvalue weighted by atomic mass is 31.2. The van der Waals surface area contributed by atoms with Crippen LogP contribution in [0.2, 0.25) is 0 Å². The zero-order chi connectivity index (χ0) is 71.8. The minimum absolute atomic E-state index is 0.0366. The van der Waals surface area contributed by atoms with Crippen molar-refractivity contribution < 1.29 is 80.2 Å². The van der Waals surface area contributed by atoms with E-state index in [-0.39, 0.29) is 25.7 Å². The summed E-state index contributed by atoms with van der Waals surface area (Å²) in [5.41, 5.74) is 0.